The summed E-state index contributed by atoms with van der Waals surface area (Å²) in [6.45, 7) is 0. The Hall–Kier alpha value is -1.80. The standard InChI is InChI=1S/C15H13ClN2/c16-13-6-8-14(9-7-13)18-15(10-11-17-18)12-4-2-1-3-5-12/h1-9,11,15H,10H2/t15-/m1/s1. The van der Waals surface area contributed by atoms with Gasteiger partial charge in [-0.2, -0.15) is 5.10 Å². The van der Waals surface area contributed by atoms with Gasteiger partial charge in [-0.15, -0.1) is 0 Å². The molecule has 0 unspecified atom stereocenters. The molecule has 2 aromatic carbocycles. The zero-order chi connectivity index (χ0) is 12.4. The molecule has 1 aliphatic rings. The first-order valence-electron chi connectivity index (χ1n) is 5.97. The van der Waals surface area contributed by atoms with Crippen LogP contribution in [0.3, 0.4) is 0 Å². The molecule has 3 rings (SSSR count). The van der Waals surface area contributed by atoms with Crippen molar-refractivity contribution in [1.29, 1.82) is 0 Å². The van der Waals surface area contributed by atoms with Crippen LogP contribution in [0.2, 0.25) is 5.02 Å². The molecule has 0 fully saturated rings. The molecule has 0 amide bonds. The summed E-state index contributed by atoms with van der Waals surface area (Å²) in [5, 5.41) is 7.25. The molecule has 0 N–H and O–H groups in total. The number of hydrazone groups is 1. The van der Waals surface area contributed by atoms with Gasteiger partial charge >= 0.3 is 0 Å². The topological polar surface area (TPSA) is 15.6 Å². The van der Waals surface area contributed by atoms with E-state index in [1.165, 1.54) is 5.56 Å². The highest BCUT2D eigenvalue weighted by atomic mass is 35.5. The highest BCUT2D eigenvalue weighted by Gasteiger charge is 2.23. The molecule has 1 aliphatic heterocycles. The summed E-state index contributed by atoms with van der Waals surface area (Å²) < 4.78 is 0. The Labute approximate surface area is 112 Å². The van der Waals surface area contributed by atoms with E-state index < -0.39 is 0 Å². The highest BCUT2D eigenvalue weighted by molar-refractivity contribution is 6.30. The number of hydrogen-bond donors (Lipinski definition) is 0. The zero-order valence-electron chi connectivity index (χ0n) is 9.83. The molecule has 1 atom stereocenters. The molecule has 0 spiro atoms. The van der Waals surface area contributed by atoms with Gasteiger partial charge in [0.25, 0.3) is 0 Å². The number of benzene rings is 2. The molecule has 0 saturated carbocycles. The molecule has 18 heavy (non-hydrogen) atoms. The average molecular weight is 257 g/mol. The Kier molecular flexibility index (Phi) is 3.03. The number of anilines is 1. The molecule has 1 heterocycles. The first kappa shape index (κ1) is 11.3. The van der Waals surface area contributed by atoms with Crippen molar-refractivity contribution in [2.24, 2.45) is 5.10 Å². The van der Waals surface area contributed by atoms with Crippen LogP contribution >= 0.6 is 11.6 Å². The Morgan fingerprint density at radius 1 is 1.00 bits per heavy atom. The predicted octanol–water partition coefficient (Wildman–Crippen LogP) is 4.28. The van der Waals surface area contributed by atoms with Crippen LogP contribution in [0.15, 0.2) is 59.7 Å². The Balaban J connectivity index is 1.91. The van der Waals surface area contributed by atoms with Crippen molar-refractivity contribution in [2.45, 2.75) is 12.5 Å². The van der Waals surface area contributed by atoms with Gasteiger partial charge in [0.15, 0.2) is 0 Å². The van der Waals surface area contributed by atoms with Gasteiger partial charge in [0.1, 0.15) is 0 Å². The maximum absolute atomic E-state index is 5.91. The first-order valence-corrected chi connectivity index (χ1v) is 6.34. The quantitative estimate of drug-likeness (QED) is 0.783. The molecule has 0 aromatic heterocycles. The van der Waals surface area contributed by atoms with E-state index in [1.54, 1.807) is 0 Å². The van der Waals surface area contributed by atoms with E-state index in [0.717, 1.165) is 17.1 Å². The van der Waals surface area contributed by atoms with Crippen LogP contribution in [0.25, 0.3) is 0 Å². The highest BCUT2D eigenvalue weighted by Crippen LogP contribution is 2.33. The third kappa shape index (κ3) is 2.12. The van der Waals surface area contributed by atoms with Crippen LogP contribution < -0.4 is 5.01 Å². The number of halogens is 1. The van der Waals surface area contributed by atoms with E-state index >= 15 is 0 Å². The van der Waals surface area contributed by atoms with Crippen LogP contribution in [0, 0.1) is 0 Å². The monoisotopic (exact) mass is 256 g/mol. The second-order valence-electron chi connectivity index (χ2n) is 4.28. The van der Waals surface area contributed by atoms with Gasteiger partial charge < -0.3 is 0 Å². The molecule has 3 heteroatoms. The second kappa shape index (κ2) is 4.83. The van der Waals surface area contributed by atoms with E-state index in [2.05, 4.69) is 29.4 Å². The normalized spacial score (nSPS) is 18.3. The lowest BCUT2D eigenvalue weighted by Gasteiger charge is -2.24. The second-order valence-corrected chi connectivity index (χ2v) is 4.72. The molecule has 2 aromatic rings. The lowest BCUT2D eigenvalue weighted by Crippen LogP contribution is -2.18. The summed E-state index contributed by atoms with van der Waals surface area (Å²) in [5.41, 5.74) is 2.35. The third-order valence-electron chi connectivity index (χ3n) is 3.11. The van der Waals surface area contributed by atoms with Crippen molar-refractivity contribution in [3.05, 3.63) is 65.2 Å². The average Bonchev–Trinajstić information content (AvgIpc) is 2.90. The van der Waals surface area contributed by atoms with Crippen molar-refractivity contribution >= 4 is 23.5 Å². The van der Waals surface area contributed by atoms with Crippen LogP contribution in [0.1, 0.15) is 18.0 Å². The Morgan fingerprint density at radius 3 is 2.44 bits per heavy atom. The van der Waals surface area contributed by atoms with Gasteiger partial charge in [0.2, 0.25) is 0 Å². The minimum Gasteiger partial charge on any atom is -0.258 e. The van der Waals surface area contributed by atoms with Crippen molar-refractivity contribution in [2.75, 3.05) is 5.01 Å². The van der Waals surface area contributed by atoms with Crippen molar-refractivity contribution in [3.8, 4) is 0 Å². The van der Waals surface area contributed by atoms with Gasteiger partial charge in [-0.05, 0) is 29.8 Å². The van der Waals surface area contributed by atoms with E-state index in [1.807, 2.05) is 41.6 Å². The molecule has 0 saturated heterocycles. The van der Waals surface area contributed by atoms with Crippen molar-refractivity contribution in [1.82, 2.24) is 0 Å². The fourth-order valence-corrected chi connectivity index (χ4v) is 2.33. The van der Waals surface area contributed by atoms with Gasteiger partial charge in [0, 0.05) is 17.7 Å². The maximum Gasteiger partial charge on any atom is 0.0825 e. The number of nitrogens with zero attached hydrogens (tertiary/aromatic N) is 2. The maximum atomic E-state index is 5.91. The van der Waals surface area contributed by atoms with Gasteiger partial charge in [-0.25, -0.2) is 0 Å². The molecule has 90 valence electrons. The molecule has 0 bridgehead atoms. The third-order valence-corrected chi connectivity index (χ3v) is 3.36. The van der Waals surface area contributed by atoms with Gasteiger partial charge in [0.05, 0.1) is 11.7 Å². The van der Waals surface area contributed by atoms with E-state index in [9.17, 15) is 0 Å². The lowest BCUT2D eigenvalue weighted by atomic mass is 10.0. The SMILES string of the molecule is Clc1ccc(N2N=CC[C@@H]2c2ccccc2)cc1. The summed E-state index contributed by atoms with van der Waals surface area (Å²) in [5.74, 6) is 0. The van der Waals surface area contributed by atoms with Crippen LogP contribution in [0.5, 0.6) is 0 Å². The summed E-state index contributed by atoms with van der Waals surface area (Å²) >= 11 is 5.91. The number of rotatable bonds is 2. The summed E-state index contributed by atoms with van der Waals surface area (Å²) in [7, 11) is 0. The molecule has 2 nitrogen and oxygen atoms in total. The minimum absolute atomic E-state index is 0.285. The summed E-state index contributed by atoms with van der Waals surface area (Å²) in [6, 6.07) is 18.5. The summed E-state index contributed by atoms with van der Waals surface area (Å²) in [6.07, 6.45) is 2.90. The van der Waals surface area contributed by atoms with E-state index in [-0.39, 0.29) is 6.04 Å². The smallest absolute Gasteiger partial charge is 0.0825 e. The minimum atomic E-state index is 0.285. The first-order chi connectivity index (χ1) is 8.84. The fraction of sp³-hybridized carbons (Fsp3) is 0.133. The van der Waals surface area contributed by atoms with Crippen LogP contribution in [-0.2, 0) is 0 Å². The molecule has 0 radical (unpaired) electrons. The van der Waals surface area contributed by atoms with Gasteiger partial charge in [-0.1, -0.05) is 41.9 Å². The van der Waals surface area contributed by atoms with Crippen molar-refractivity contribution < 1.29 is 0 Å². The van der Waals surface area contributed by atoms with E-state index in [0.29, 0.717) is 0 Å². The predicted molar refractivity (Wildman–Crippen MR) is 76.2 cm³/mol. The molecular weight excluding hydrogens is 244 g/mol. The lowest BCUT2D eigenvalue weighted by molar-refractivity contribution is 0.710. The molecule has 0 aliphatic carbocycles. The van der Waals surface area contributed by atoms with Gasteiger partial charge in [-0.3, -0.25) is 5.01 Å². The Bertz CT molecular complexity index is 548. The largest absolute Gasteiger partial charge is 0.258 e. The van der Waals surface area contributed by atoms with Crippen LogP contribution in [-0.4, -0.2) is 6.21 Å². The van der Waals surface area contributed by atoms with E-state index in [4.69, 9.17) is 11.6 Å². The Morgan fingerprint density at radius 2 is 1.72 bits per heavy atom. The zero-order valence-corrected chi connectivity index (χ0v) is 10.6. The summed E-state index contributed by atoms with van der Waals surface area (Å²) in [4.78, 5) is 0. The molecular formula is C15H13ClN2. The van der Waals surface area contributed by atoms with Crippen LogP contribution in [0.4, 0.5) is 5.69 Å². The number of hydrogen-bond acceptors (Lipinski definition) is 2. The van der Waals surface area contributed by atoms with Crippen molar-refractivity contribution in [3.63, 3.8) is 0 Å². The fourth-order valence-electron chi connectivity index (χ4n) is 2.21.